The molecule has 5 nitrogen and oxygen atoms in total. The first-order valence-corrected chi connectivity index (χ1v) is 8.58. The van der Waals surface area contributed by atoms with E-state index in [1.54, 1.807) is 31.2 Å². The quantitative estimate of drug-likeness (QED) is 0.541. The average Bonchev–Trinajstić information content (AvgIpc) is 2.66. The zero-order valence-electron chi connectivity index (χ0n) is 15.9. The molecule has 27 heavy (non-hydrogen) atoms. The summed E-state index contributed by atoms with van der Waals surface area (Å²) in [7, 11) is 5.29. The predicted molar refractivity (Wildman–Crippen MR) is 109 cm³/mol. The smallest absolute Gasteiger partial charge is 0.189 e. The van der Waals surface area contributed by atoms with Crippen molar-refractivity contribution < 1.29 is 14.6 Å². The van der Waals surface area contributed by atoms with Crippen LogP contribution < -0.4 is 9.64 Å². The van der Waals surface area contributed by atoms with Crippen molar-refractivity contribution in [3.8, 4) is 11.5 Å². The molecule has 0 radical (unpaired) electrons. The topological polar surface area (TPSA) is 62.7 Å². The summed E-state index contributed by atoms with van der Waals surface area (Å²) in [6.07, 6.45) is 1.76. The lowest BCUT2D eigenvalue weighted by molar-refractivity contribution is 0.103. The van der Waals surface area contributed by atoms with Gasteiger partial charge in [0, 0.05) is 25.0 Å². The number of phenols is 1. The van der Waals surface area contributed by atoms with E-state index in [9.17, 15) is 9.90 Å². The van der Waals surface area contributed by atoms with Crippen molar-refractivity contribution in [1.82, 2.24) is 4.98 Å². The Bertz CT molecular complexity index is 1040. The predicted octanol–water partition coefficient (Wildman–Crippen LogP) is 4.30. The molecule has 0 atom stereocenters. The van der Waals surface area contributed by atoms with Gasteiger partial charge in [-0.3, -0.25) is 4.79 Å². The van der Waals surface area contributed by atoms with Crippen molar-refractivity contribution >= 4 is 28.6 Å². The lowest BCUT2D eigenvalue weighted by atomic mass is 9.98. The maximum atomic E-state index is 13.1. The SMILES string of the molecule is COc1ccc(/C=C(\C)C(=O)c2cc(N(C)C)nc3ccccc23)cc1O. The van der Waals surface area contributed by atoms with Crippen LogP contribution in [-0.4, -0.2) is 37.1 Å². The Morgan fingerprint density at radius 2 is 1.89 bits per heavy atom. The van der Waals surface area contributed by atoms with E-state index in [-0.39, 0.29) is 11.5 Å². The number of carbonyl (C=O) groups excluding carboxylic acids is 1. The van der Waals surface area contributed by atoms with Gasteiger partial charge in [-0.15, -0.1) is 0 Å². The van der Waals surface area contributed by atoms with Crippen molar-refractivity contribution in [3.05, 3.63) is 65.2 Å². The number of hydrogen-bond acceptors (Lipinski definition) is 5. The number of fused-ring (bicyclic) bond motifs is 1. The van der Waals surface area contributed by atoms with E-state index in [1.807, 2.05) is 49.3 Å². The minimum absolute atomic E-state index is 0.0377. The molecule has 0 fully saturated rings. The lowest BCUT2D eigenvalue weighted by Crippen LogP contribution is -2.12. The minimum Gasteiger partial charge on any atom is -0.504 e. The van der Waals surface area contributed by atoms with Gasteiger partial charge in [0.2, 0.25) is 0 Å². The molecule has 138 valence electrons. The number of phenolic OH excluding ortho intramolecular Hbond substituents is 1. The van der Waals surface area contributed by atoms with Crippen LogP contribution in [0, 0.1) is 0 Å². The number of methoxy groups -OCH3 is 1. The first-order chi connectivity index (χ1) is 12.9. The Morgan fingerprint density at radius 3 is 2.56 bits per heavy atom. The van der Waals surface area contributed by atoms with Gasteiger partial charge in [0.05, 0.1) is 12.6 Å². The van der Waals surface area contributed by atoms with Gasteiger partial charge in [-0.1, -0.05) is 24.3 Å². The van der Waals surface area contributed by atoms with E-state index >= 15 is 0 Å². The van der Waals surface area contributed by atoms with Crippen LogP contribution in [0.3, 0.4) is 0 Å². The van der Waals surface area contributed by atoms with E-state index in [2.05, 4.69) is 4.98 Å². The fourth-order valence-electron chi connectivity index (χ4n) is 2.90. The summed E-state index contributed by atoms with van der Waals surface area (Å²) in [5.41, 5.74) is 2.68. The summed E-state index contributed by atoms with van der Waals surface area (Å²) in [5.74, 6) is 1.08. The molecule has 0 aliphatic rings. The summed E-state index contributed by atoms with van der Waals surface area (Å²) < 4.78 is 5.06. The second kappa shape index (κ2) is 7.50. The molecule has 1 N–H and O–H groups in total. The van der Waals surface area contributed by atoms with Crippen molar-refractivity contribution in [2.45, 2.75) is 6.92 Å². The molecule has 1 aromatic heterocycles. The van der Waals surface area contributed by atoms with Gasteiger partial charge in [0.15, 0.2) is 17.3 Å². The van der Waals surface area contributed by atoms with E-state index in [0.29, 0.717) is 16.9 Å². The summed E-state index contributed by atoms with van der Waals surface area (Å²) in [6.45, 7) is 1.77. The van der Waals surface area contributed by atoms with E-state index in [4.69, 9.17) is 4.74 Å². The number of benzene rings is 2. The number of carbonyl (C=O) groups is 1. The third-order valence-corrected chi connectivity index (χ3v) is 4.35. The molecule has 0 unspecified atom stereocenters. The van der Waals surface area contributed by atoms with E-state index in [1.165, 1.54) is 7.11 Å². The molecule has 0 aliphatic carbocycles. The Hall–Kier alpha value is -3.34. The molecule has 3 aromatic rings. The van der Waals surface area contributed by atoms with Crippen LogP contribution in [0.2, 0.25) is 0 Å². The third kappa shape index (κ3) is 3.77. The molecule has 0 bridgehead atoms. The normalized spacial score (nSPS) is 11.5. The Labute approximate surface area is 158 Å². The largest absolute Gasteiger partial charge is 0.504 e. The zero-order valence-corrected chi connectivity index (χ0v) is 15.9. The van der Waals surface area contributed by atoms with Gasteiger partial charge in [-0.2, -0.15) is 0 Å². The highest BCUT2D eigenvalue weighted by Crippen LogP contribution is 2.28. The Kier molecular flexibility index (Phi) is 5.12. The van der Waals surface area contributed by atoms with Crippen molar-refractivity contribution in [2.75, 3.05) is 26.1 Å². The standard InChI is InChI=1S/C22H22N2O3/c1-14(11-15-9-10-20(27-4)19(25)12-15)22(26)17-13-21(24(2)3)23-18-8-6-5-7-16(17)18/h5-13,25H,1-4H3/b14-11+. The number of aromatic hydroxyl groups is 1. The number of ether oxygens (including phenoxy) is 1. The number of anilines is 1. The first-order valence-electron chi connectivity index (χ1n) is 8.58. The second-order valence-corrected chi connectivity index (χ2v) is 6.53. The second-order valence-electron chi connectivity index (χ2n) is 6.53. The number of pyridine rings is 1. The van der Waals surface area contributed by atoms with E-state index < -0.39 is 0 Å². The van der Waals surface area contributed by atoms with Crippen LogP contribution in [0.15, 0.2) is 54.1 Å². The molecule has 0 aliphatic heterocycles. The zero-order chi connectivity index (χ0) is 19.6. The number of aromatic nitrogens is 1. The Morgan fingerprint density at radius 1 is 1.15 bits per heavy atom. The van der Waals surface area contributed by atoms with Crippen LogP contribution >= 0.6 is 0 Å². The summed E-state index contributed by atoms with van der Waals surface area (Å²) >= 11 is 0. The van der Waals surface area contributed by atoms with Crippen LogP contribution in [0.1, 0.15) is 22.8 Å². The van der Waals surface area contributed by atoms with Gasteiger partial charge >= 0.3 is 0 Å². The number of nitrogens with zero attached hydrogens (tertiary/aromatic N) is 2. The van der Waals surface area contributed by atoms with Gasteiger partial charge in [-0.25, -0.2) is 4.98 Å². The molecular weight excluding hydrogens is 340 g/mol. The molecule has 3 rings (SSSR count). The van der Waals surface area contributed by atoms with Crippen LogP contribution in [0.5, 0.6) is 11.5 Å². The van der Waals surface area contributed by atoms with Gasteiger partial charge in [-0.05, 0) is 48.4 Å². The maximum Gasteiger partial charge on any atom is 0.189 e. The highest BCUT2D eigenvalue weighted by Gasteiger charge is 2.15. The highest BCUT2D eigenvalue weighted by atomic mass is 16.5. The fraction of sp³-hybridized carbons (Fsp3) is 0.182. The van der Waals surface area contributed by atoms with Crippen molar-refractivity contribution in [3.63, 3.8) is 0 Å². The molecule has 0 spiro atoms. The fourth-order valence-corrected chi connectivity index (χ4v) is 2.90. The third-order valence-electron chi connectivity index (χ3n) is 4.35. The number of hydrogen-bond donors (Lipinski definition) is 1. The van der Waals surface area contributed by atoms with Gasteiger partial charge in [0.25, 0.3) is 0 Å². The average molecular weight is 362 g/mol. The highest BCUT2D eigenvalue weighted by molar-refractivity contribution is 6.17. The molecule has 0 saturated heterocycles. The van der Waals surface area contributed by atoms with Crippen molar-refractivity contribution in [2.24, 2.45) is 0 Å². The first kappa shape index (κ1) is 18.5. The summed E-state index contributed by atoms with van der Waals surface area (Å²) in [5, 5.41) is 10.8. The molecule has 0 amide bonds. The van der Waals surface area contributed by atoms with E-state index in [0.717, 1.165) is 22.3 Å². The van der Waals surface area contributed by atoms with Crippen LogP contribution in [0.25, 0.3) is 17.0 Å². The summed E-state index contributed by atoms with van der Waals surface area (Å²) in [4.78, 5) is 19.6. The van der Waals surface area contributed by atoms with Gasteiger partial charge in [0.1, 0.15) is 5.82 Å². The molecule has 1 heterocycles. The molecular formula is C22H22N2O3. The number of Topliss-reactive ketones (excluding diaryl/α,β-unsaturated/α-hetero) is 1. The van der Waals surface area contributed by atoms with Crippen LogP contribution in [0.4, 0.5) is 5.82 Å². The molecule has 2 aromatic carbocycles. The number of ketones is 1. The monoisotopic (exact) mass is 362 g/mol. The maximum absolute atomic E-state index is 13.1. The Balaban J connectivity index is 2.05. The number of para-hydroxylation sites is 1. The van der Waals surface area contributed by atoms with Crippen LogP contribution in [-0.2, 0) is 0 Å². The van der Waals surface area contributed by atoms with Crippen molar-refractivity contribution in [1.29, 1.82) is 0 Å². The molecule has 0 saturated carbocycles. The number of rotatable bonds is 5. The van der Waals surface area contributed by atoms with Gasteiger partial charge < -0.3 is 14.7 Å². The summed E-state index contributed by atoms with van der Waals surface area (Å²) in [6, 6.07) is 14.5. The minimum atomic E-state index is -0.0768. The number of allylic oxidation sites excluding steroid dienone is 1. The molecule has 5 heteroatoms. The lowest BCUT2D eigenvalue weighted by Gasteiger charge is -2.15.